The zero-order valence-corrected chi connectivity index (χ0v) is 12.3. The highest BCUT2D eigenvalue weighted by molar-refractivity contribution is 5.89. The Morgan fingerprint density at radius 1 is 1.29 bits per heavy atom. The summed E-state index contributed by atoms with van der Waals surface area (Å²) in [6, 6.07) is 3.21. The van der Waals surface area contributed by atoms with Gasteiger partial charge in [-0.25, -0.2) is 9.59 Å². The number of alkyl halides is 2. The number of hydrogen-bond donors (Lipinski definition) is 1. The lowest BCUT2D eigenvalue weighted by Gasteiger charge is -2.21. The van der Waals surface area contributed by atoms with Crippen molar-refractivity contribution in [3.8, 4) is 0 Å². The van der Waals surface area contributed by atoms with E-state index in [1.165, 1.54) is 38.3 Å². The summed E-state index contributed by atoms with van der Waals surface area (Å²) in [7, 11) is 1.21. The van der Waals surface area contributed by atoms with Crippen LogP contribution in [-0.2, 0) is 14.3 Å². The zero-order valence-electron chi connectivity index (χ0n) is 11.5. The van der Waals surface area contributed by atoms with Gasteiger partial charge in [0.1, 0.15) is 6.04 Å². The molecule has 2 N–H and O–H groups in total. The number of carbonyl (C=O) groups excluding carboxylic acids is 2. The van der Waals surface area contributed by atoms with Crippen molar-refractivity contribution in [3.63, 3.8) is 0 Å². The highest BCUT2D eigenvalue weighted by Crippen LogP contribution is 2.30. The summed E-state index contributed by atoms with van der Waals surface area (Å²) in [6.07, 6.45) is 0. The smallest absolute Gasteiger partial charge is 0.379 e. The van der Waals surface area contributed by atoms with Crippen molar-refractivity contribution in [2.24, 2.45) is 5.73 Å². The number of esters is 2. The maximum atomic E-state index is 13.7. The summed E-state index contributed by atoms with van der Waals surface area (Å²) in [5.74, 6) is -6.12. The third kappa shape index (κ3) is 4.37. The Balaban J connectivity index is 0.00000400. The number of rotatable bonds is 5. The van der Waals surface area contributed by atoms with Crippen LogP contribution in [0.2, 0.25) is 0 Å². The van der Waals surface area contributed by atoms with Crippen LogP contribution < -0.4 is 5.73 Å². The molecule has 118 valence electrons. The molecule has 0 saturated heterocycles. The van der Waals surface area contributed by atoms with Crippen molar-refractivity contribution < 1.29 is 27.8 Å². The zero-order chi connectivity index (χ0) is 15.3. The molecule has 0 amide bonds. The molecule has 0 aromatic heterocycles. The lowest BCUT2D eigenvalue weighted by molar-refractivity contribution is -0.174. The molecule has 1 rings (SSSR count). The van der Waals surface area contributed by atoms with E-state index in [2.05, 4.69) is 9.47 Å². The van der Waals surface area contributed by atoms with Gasteiger partial charge in [-0.05, 0) is 24.6 Å². The molecule has 0 heterocycles. The first kappa shape index (κ1) is 19.3. The van der Waals surface area contributed by atoms with Crippen molar-refractivity contribution in [1.82, 2.24) is 0 Å². The van der Waals surface area contributed by atoms with E-state index in [9.17, 15) is 18.4 Å². The molecule has 1 atom stereocenters. The molecular weight excluding hydrogens is 308 g/mol. The predicted molar refractivity (Wildman–Crippen MR) is 73.5 cm³/mol. The Hall–Kier alpha value is -1.73. The van der Waals surface area contributed by atoms with Crippen LogP contribution in [-0.4, -0.2) is 31.6 Å². The lowest BCUT2D eigenvalue weighted by Crippen LogP contribution is -2.41. The van der Waals surface area contributed by atoms with Crippen molar-refractivity contribution in [1.29, 1.82) is 0 Å². The third-order valence-corrected chi connectivity index (χ3v) is 2.63. The molecule has 0 radical (unpaired) electrons. The van der Waals surface area contributed by atoms with Crippen molar-refractivity contribution in [3.05, 3.63) is 35.4 Å². The number of ether oxygens (including phenoxy) is 2. The van der Waals surface area contributed by atoms with E-state index in [1.54, 1.807) is 0 Å². The summed E-state index contributed by atoms with van der Waals surface area (Å²) < 4.78 is 36.2. The van der Waals surface area contributed by atoms with Gasteiger partial charge in [0.2, 0.25) is 0 Å². The normalized spacial score (nSPS) is 12.0. The third-order valence-electron chi connectivity index (χ3n) is 2.63. The van der Waals surface area contributed by atoms with E-state index in [4.69, 9.17) is 5.73 Å². The first-order valence-electron chi connectivity index (χ1n) is 5.83. The molecule has 1 aromatic rings. The molecule has 0 fully saturated rings. The van der Waals surface area contributed by atoms with E-state index in [1.807, 2.05) is 0 Å². The fraction of sp³-hybridized carbons (Fsp3) is 0.385. The van der Waals surface area contributed by atoms with E-state index in [0.29, 0.717) is 0 Å². The van der Waals surface area contributed by atoms with Crippen LogP contribution in [0.3, 0.4) is 0 Å². The molecule has 1 aromatic carbocycles. The minimum absolute atomic E-state index is 0. The number of benzene rings is 1. The van der Waals surface area contributed by atoms with E-state index >= 15 is 0 Å². The molecule has 0 spiro atoms. The number of carbonyl (C=O) groups is 2. The Morgan fingerprint density at radius 3 is 2.24 bits per heavy atom. The van der Waals surface area contributed by atoms with Crippen LogP contribution in [0.15, 0.2) is 24.3 Å². The van der Waals surface area contributed by atoms with Crippen LogP contribution in [0.1, 0.15) is 28.9 Å². The maximum Gasteiger partial charge on any atom is 0.379 e. The quantitative estimate of drug-likeness (QED) is 0.839. The first-order chi connectivity index (χ1) is 9.34. The van der Waals surface area contributed by atoms with Crippen LogP contribution in [0, 0.1) is 0 Å². The molecule has 0 unspecified atom stereocenters. The predicted octanol–water partition coefficient (Wildman–Crippen LogP) is 2.09. The highest BCUT2D eigenvalue weighted by Gasteiger charge is 2.47. The number of methoxy groups -OCH3 is 1. The number of nitrogens with two attached hydrogens (primary N) is 1. The highest BCUT2D eigenvalue weighted by atomic mass is 35.5. The van der Waals surface area contributed by atoms with E-state index in [-0.39, 0.29) is 30.1 Å². The molecule has 8 heteroatoms. The van der Waals surface area contributed by atoms with Gasteiger partial charge in [0.05, 0.1) is 19.3 Å². The first-order valence-corrected chi connectivity index (χ1v) is 5.83. The SMILES string of the molecule is CCOC(=O)C(F)(F)[C@@H](N)c1ccc(C(=O)OC)cc1.Cl. The summed E-state index contributed by atoms with van der Waals surface area (Å²) in [5.41, 5.74) is 5.60. The number of halogens is 3. The molecule has 0 aliphatic heterocycles. The van der Waals surface area contributed by atoms with Gasteiger partial charge in [-0.15, -0.1) is 12.4 Å². The Kier molecular flexibility index (Phi) is 7.25. The summed E-state index contributed by atoms with van der Waals surface area (Å²) >= 11 is 0. The topological polar surface area (TPSA) is 78.6 Å². The van der Waals surface area contributed by atoms with Crippen LogP contribution in [0.5, 0.6) is 0 Å². The molecule has 5 nitrogen and oxygen atoms in total. The van der Waals surface area contributed by atoms with Crippen LogP contribution in [0.4, 0.5) is 8.78 Å². The van der Waals surface area contributed by atoms with Crippen LogP contribution in [0.25, 0.3) is 0 Å². The summed E-state index contributed by atoms with van der Waals surface area (Å²) in [5, 5.41) is 0. The molecule has 0 aliphatic carbocycles. The average molecular weight is 324 g/mol. The minimum Gasteiger partial charge on any atom is -0.465 e. The molecule has 0 saturated carbocycles. The Bertz CT molecular complexity index is 493. The van der Waals surface area contributed by atoms with Gasteiger partial charge in [0, 0.05) is 0 Å². The van der Waals surface area contributed by atoms with Gasteiger partial charge >= 0.3 is 17.9 Å². The maximum absolute atomic E-state index is 13.7. The lowest BCUT2D eigenvalue weighted by atomic mass is 10.00. The van der Waals surface area contributed by atoms with Gasteiger partial charge in [-0.3, -0.25) is 0 Å². The van der Waals surface area contributed by atoms with Gasteiger partial charge in [-0.2, -0.15) is 8.78 Å². The second-order valence-corrected chi connectivity index (χ2v) is 3.93. The molecule has 0 aliphatic rings. The fourth-order valence-corrected chi connectivity index (χ4v) is 1.51. The monoisotopic (exact) mass is 323 g/mol. The van der Waals surface area contributed by atoms with Gasteiger partial charge < -0.3 is 15.2 Å². The second kappa shape index (κ2) is 7.90. The number of hydrogen-bond acceptors (Lipinski definition) is 5. The molecule has 0 bridgehead atoms. The average Bonchev–Trinajstić information content (AvgIpc) is 2.46. The minimum atomic E-state index is -3.84. The van der Waals surface area contributed by atoms with Crippen molar-refractivity contribution >= 4 is 24.3 Å². The Morgan fingerprint density at radius 2 is 1.81 bits per heavy atom. The van der Waals surface area contributed by atoms with Gasteiger partial charge in [0.25, 0.3) is 0 Å². The Labute approximate surface area is 126 Å². The van der Waals surface area contributed by atoms with Gasteiger partial charge in [0.15, 0.2) is 0 Å². The van der Waals surface area contributed by atoms with E-state index < -0.39 is 23.9 Å². The van der Waals surface area contributed by atoms with E-state index in [0.717, 1.165) is 0 Å². The van der Waals surface area contributed by atoms with Gasteiger partial charge in [-0.1, -0.05) is 12.1 Å². The standard InChI is InChI=1S/C13H15F2NO4.ClH/c1-3-20-12(18)13(14,15)10(16)8-4-6-9(7-5-8)11(17)19-2;/h4-7,10H,3,16H2,1-2H3;1H/t10-;/m0./s1. The van der Waals surface area contributed by atoms with Crippen molar-refractivity contribution in [2.75, 3.05) is 13.7 Å². The molecular formula is C13H16ClF2NO4. The second-order valence-electron chi connectivity index (χ2n) is 3.93. The largest absolute Gasteiger partial charge is 0.465 e. The molecule has 21 heavy (non-hydrogen) atoms. The summed E-state index contributed by atoms with van der Waals surface area (Å²) in [6.45, 7) is 1.26. The fourth-order valence-electron chi connectivity index (χ4n) is 1.51. The van der Waals surface area contributed by atoms with Crippen LogP contribution >= 0.6 is 12.4 Å². The van der Waals surface area contributed by atoms with Crippen molar-refractivity contribution in [2.45, 2.75) is 18.9 Å². The summed E-state index contributed by atoms with van der Waals surface area (Å²) in [4.78, 5) is 22.4.